The summed E-state index contributed by atoms with van der Waals surface area (Å²) < 4.78 is 40.2. The molecule has 3 aromatic rings. The van der Waals surface area contributed by atoms with Crippen molar-refractivity contribution in [1.29, 1.82) is 0 Å². The van der Waals surface area contributed by atoms with E-state index in [2.05, 4.69) is 4.98 Å². The molecular formula is C28H36N4O6S. The van der Waals surface area contributed by atoms with E-state index in [9.17, 15) is 18.0 Å². The number of ether oxygens (including phenoxy) is 2. The van der Waals surface area contributed by atoms with Crippen molar-refractivity contribution in [2.45, 2.75) is 44.7 Å². The Labute approximate surface area is 230 Å². The molecule has 1 aromatic heterocycles. The van der Waals surface area contributed by atoms with Crippen molar-refractivity contribution >= 4 is 21.7 Å². The van der Waals surface area contributed by atoms with Gasteiger partial charge in [0.2, 0.25) is 15.9 Å². The number of benzene rings is 2. The van der Waals surface area contributed by atoms with E-state index in [1.807, 2.05) is 35.0 Å². The zero-order valence-corrected chi connectivity index (χ0v) is 23.9. The lowest BCUT2D eigenvalue weighted by Crippen LogP contribution is -2.34. The number of hydrogen-bond acceptors (Lipinski definition) is 7. The molecule has 0 bridgehead atoms. The van der Waals surface area contributed by atoms with Gasteiger partial charge in [0.15, 0.2) is 0 Å². The second-order valence-corrected chi connectivity index (χ2v) is 11.4. The Balaban J connectivity index is 1.46. The Morgan fingerprint density at radius 1 is 1.00 bits per heavy atom. The fraction of sp³-hybridized carbons (Fsp3) is 0.393. The van der Waals surface area contributed by atoms with E-state index < -0.39 is 10.0 Å². The summed E-state index contributed by atoms with van der Waals surface area (Å²) in [5.41, 5.74) is 2.00. The van der Waals surface area contributed by atoms with Crippen LogP contribution in [-0.4, -0.2) is 73.2 Å². The van der Waals surface area contributed by atoms with Crippen molar-refractivity contribution in [3.8, 4) is 11.5 Å². The average Bonchev–Trinajstić information content (AvgIpc) is 3.41. The number of carbonyl (C=O) groups is 2. The van der Waals surface area contributed by atoms with Crippen LogP contribution in [0.1, 0.15) is 29.5 Å². The van der Waals surface area contributed by atoms with Gasteiger partial charge in [-0.25, -0.2) is 13.4 Å². The molecule has 1 heterocycles. The third-order valence-corrected chi connectivity index (χ3v) is 8.41. The highest BCUT2D eigenvalue weighted by atomic mass is 32.2. The minimum atomic E-state index is -3.89. The number of amides is 1. The van der Waals surface area contributed by atoms with Crippen LogP contribution in [0.25, 0.3) is 0 Å². The van der Waals surface area contributed by atoms with Gasteiger partial charge in [0, 0.05) is 45.9 Å². The third kappa shape index (κ3) is 8.14. The molecule has 0 radical (unpaired) electrons. The first-order chi connectivity index (χ1) is 18.5. The molecule has 0 atom stereocenters. The summed E-state index contributed by atoms with van der Waals surface area (Å²) in [7, 11) is 0.673. The summed E-state index contributed by atoms with van der Waals surface area (Å²) in [6.07, 6.45) is 5.28. The van der Waals surface area contributed by atoms with Crippen LogP contribution in [-0.2, 0) is 32.7 Å². The van der Waals surface area contributed by atoms with E-state index in [4.69, 9.17) is 9.47 Å². The lowest BCUT2D eigenvalue weighted by molar-refractivity contribution is -0.132. The highest BCUT2D eigenvalue weighted by molar-refractivity contribution is 7.89. The molecule has 0 unspecified atom stereocenters. The minimum Gasteiger partial charge on any atom is -0.497 e. The fourth-order valence-corrected chi connectivity index (χ4v) is 5.74. The van der Waals surface area contributed by atoms with Crippen molar-refractivity contribution in [2.75, 3.05) is 34.4 Å². The summed E-state index contributed by atoms with van der Waals surface area (Å²) in [5.74, 6) is 0.772. The van der Waals surface area contributed by atoms with Gasteiger partial charge in [0.05, 0.1) is 31.4 Å². The number of carbonyl (C=O) groups excluding carboxylic acids is 2. The fourth-order valence-electron chi connectivity index (χ4n) is 4.18. The van der Waals surface area contributed by atoms with Gasteiger partial charge < -0.3 is 18.9 Å². The minimum absolute atomic E-state index is 0.000737. The Bertz CT molecular complexity index is 1350. The van der Waals surface area contributed by atoms with Crippen LogP contribution in [0, 0.1) is 13.8 Å². The van der Waals surface area contributed by atoms with Crippen LogP contribution in [0.15, 0.2) is 60.0 Å². The number of sulfonamides is 1. The van der Waals surface area contributed by atoms with Gasteiger partial charge in [-0.3, -0.25) is 9.59 Å². The smallest absolute Gasteiger partial charge is 0.243 e. The highest BCUT2D eigenvalue weighted by Gasteiger charge is 2.27. The Kier molecular flexibility index (Phi) is 10.2. The van der Waals surface area contributed by atoms with E-state index in [1.54, 1.807) is 50.5 Å². The first-order valence-corrected chi connectivity index (χ1v) is 14.0. The molecule has 3 rings (SSSR count). The van der Waals surface area contributed by atoms with Gasteiger partial charge in [-0.1, -0.05) is 12.1 Å². The first-order valence-electron chi connectivity index (χ1n) is 12.6. The van der Waals surface area contributed by atoms with E-state index in [0.717, 1.165) is 15.6 Å². The lowest BCUT2D eigenvalue weighted by atomic mass is 10.1. The van der Waals surface area contributed by atoms with Gasteiger partial charge in [0.25, 0.3) is 0 Å². The SMILES string of the molecule is COc1cc(C)c(S(=O)(=O)N(C)CC(=O)CCC(=O)N(C)Cc2ccc(OCCn3ccnc3)cc2)c(C)c1. The molecule has 0 aliphatic rings. The number of ketones is 1. The Morgan fingerprint density at radius 2 is 1.67 bits per heavy atom. The molecule has 39 heavy (non-hydrogen) atoms. The van der Waals surface area contributed by atoms with Crippen molar-refractivity contribution in [1.82, 2.24) is 18.8 Å². The molecule has 0 aliphatic heterocycles. The topological polar surface area (TPSA) is 111 Å². The maximum atomic E-state index is 13.1. The van der Waals surface area contributed by atoms with Crippen LogP contribution in [0.4, 0.5) is 0 Å². The molecule has 210 valence electrons. The number of likely N-dealkylation sites (N-methyl/N-ethyl adjacent to an activating group) is 1. The molecule has 0 saturated heterocycles. The van der Waals surface area contributed by atoms with Crippen molar-refractivity contribution in [3.05, 3.63) is 71.8 Å². The molecule has 1 amide bonds. The molecule has 0 N–H and O–H groups in total. The number of Topliss-reactive ketones (excluding diaryl/α,β-unsaturated/α-hetero) is 1. The summed E-state index contributed by atoms with van der Waals surface area (Å²) in [6.45, 7) is 4.66. The first kappa shape index (κ1) is 29.9. The van der Waals surface area contributed by atoms with E-state index in [-0.39, 0.29) is 36.0 Å². The summed E-state index contributed by atoms with van der Waals surface area (Å²) in [6, 6.07) is 10.8. The molecule has 0 fully saturated rings. The van der Waals surface area contributed by atoms with Crippen LogP contribution < -0.4 is 9.47 Å². The molecule has 11 heteroatoms. The van der Waals surface area contributed by atoms with Gasteiger partial charge in [0.1, 0.15) is 23.9 Å². The summed E-state index contributed by atoms with van der Waals surface area (Å²) in [5, 5.41) is 0. The van der Waals surface area contributed by atoms with Gasteiger partial charge in [-0.2, -0.15) is 4.31 Å². The molecule has 0 spiro atoms. The number of methoxy groups -OCH3 is 1. The van der Waals surface area contributed by atoms with Crippen LogP contribution >= 0.6 is 0 Å². The van der Waals surface area contributed by atoms with Crippen molar-refractivity contribution in [3.63, 3.8) is 0 Å². The van der Waals surface area contributed by atoms with Gasteiger partial charge in [-0.15, -0.1) is 0 Å². The maximum absolute atomic E-state index is 13.1. The zero-order valence-electron chi connectivity index (χ0n) is 23.1. The predicted molar refractivity (Wildman–Crippen MR) is 147 cm³/mol. The van der Waals surface area contributed by atoms with Gasteiger partial charge in [-0.05, 0) is 54.8 Å². The van der Waals surface area contributed by atoms with Crippen LogP contribution in [0.2, 0.25) is 0 Å². The zero-order chi connectivity index (χ0) is 28.6. The summed E-state index contributed by atoms with van der Waals surface area (Å²) >= 11 is 0. The average molecular weight is 557 g/mol. The second-order valence-electron chi connectivity index (χ2n) is 9.43. The molecule has 2 aromatic carbocycles. The van der Waals surface area contributed by atoms with Crippen molar-refractivity contribution < 1.29 is 27.5 Å². The number of nitrogens with zero attached hydrogens (tertiary/aromatic N) is 4. The van der Waals surface area contributed by atoms with Crippen molar-refractivity contribution in [2.24, 2.45) is 0 Å². The summed E-state index contributed by atoms with van der Waals surface area (Å²) in [4.78, 5) is 30.9. The Hall–Kier alpha value is -3.70. The quantitative estimate of drug-likeness (QED) is 0.300. The monoisotopic (exact) mass is 556 g/mol. The highest BCUT2D eigenvalue weighted by Crippen LogP contribution is 2.27. The number of aromatic nitrogens is 2. The van der Waals surface area contributed by atoms with E-state index in [0.29, 0.717) is 36.6 Å². The molecule has 0 saturated carbocycles. The van der Waals surface area contributed by atoms with E-state index in [1.165, 1.54) is 14.2 Å². The second kappa shape index (κ2) is 13.4. The number of rotatable bonds is 14. The van der Waals surface area contributed by atoms with Crippen LogP contribution in [0.5, 0.6) is 11.5 Å². The number of imidazole rings is 1. The van der Waals surface area contributed by atoms with Crippen LogP contribution in [0.3, 0.4) is 0 Å². The van der Waals surface area contributed by atoms with E-state index >= 15 is 0 Å². The lowest BCUT2D eigenvalue weighted by Gasteiger charge is -2.20. The third-order valence-electron chi connectivity index (χ3n) is 6.30. The predicted octanol–water partition coefficient (Wildman–Crippen LogP) is 3.22. The Morgan fingerprint density at radius 3 is 2.26 bits per heavy atom. The normalized spacial score (nSPS) is 11.4. The number of hydrogen-bond donors (Lipinski definition) is 0. The maximum Gasteiger partial charge on any atom is 0.243 e. The number of aryl methyl sites for hydroxylation is 2. The molecule has 0 aliphatic carbocycles. The molecular weight excluding hydrogens is 520 g/mol. The largest absolute Gasteiger partial charge is 0.497 e. The van der Waals surface area contributed by atoms with Gasteiger partial charge >= 0.3 is 0 Å². The standard InChI is InChI=1S/C28H36N4O6S/c1-21-16-26(37-5)17-22(2)28(21)39(35,36)31(4)19-24(33)8-11-27(34)30(3)18-23-6-9-25(10-7-23)38-15-14-32-13-12-29-20-32/h6-7,9-10,12-13,16-17,20H,8,11,14-15,18-19H2,1-5H3. The molecule has 10 nitrogen and oxygen atoms in total.